The lowest BCUT2D eigenvalue weighted by Gasteiger charge is -2.43. The van der Waals surface area contributed by atoms with Crippen molar-refractivity contribution < 1.29 is 23.7 Å². The summed E-state index contributed by atoms with van der Waals surface area (Å²) in [7, 11) is 3.00. The Bertz CT molecular complexity index is 489. The molecule has 5 atom stereocenters. The molecule has 0 amide bonds. The van der Waals surface area contributed by atoms with E-state index in [1.165, 1.54) is 7.11 Å². The van der Waals surface area contributed by atoms with Crippen molar-refractivity contribution in [3.8, 4) is 0 Å². The molecule has 0 aromatic heterocycles. The molecule has 0 saturated carbocycles. The molecule has 1 heterocycles. The van der Waals surface area contributed by atoms with Crippen LogP contribution in [0.15, 0.2) is 30.3 Å². The predicted octanol–water partition coefficient (Wildman–Crippen LogP) is 2.78. The van der Waals surface area contributed by atoms with Gasteiger partial charge in [-0.3, -0.25) is 4.79 Å². The minimum atomic E-state index is -0.387. The van der Waals surface area contributed by atoms with E-state index in [0.717, 1.165) is 5.56 Å². The van der Waals surface area contributed by atoms with Crippen molar-refractivity contribution in [2.75, 3.05) is 14.2 Å². The maximum atomic E-state index is 11.6. The summed E-state index contributed by atoms with van der Waals surface area (Å²) >= 11 is 0. The zero-order valence-corrected chi connectivity index (χ0v) is 14.2. The maximum Gasteiger partial charge on any atom is 0.308 e. The summed E-state index contributed by atoms with van der Waals surface area (Å²) in [5.41, 5.74) is 1.12. The Labute approximate surface area is 137 Å². The highest BCUT2D eigenvalue weighted by atomic mass is 16.7. The monoisotopic (exact) mass is 322 g/mol. The second kappa shape index (κ2) is 8.43. The second-order valence-electron chi connectivity index (χ2n) is 6.04. The molecule has 1 aliphatic heterocycles. The van der Waals surface area contributed by atoms with E-state index in [0.29, 0.717) is 6.61 Å². The van der Waals surface area contributed by atoms with Crippen molar-refractivity contribution in [1.29, 1.82) is 0 Å². The van der Waals surface area contributed by atoms with E-state index in [-0.39, 0.29) is 42.7 Å². The van der Waals surface area contributed by atoms with Gasteiger partial charge >= 0.3 is 5.97 Å². The Balaban J connectivity index is 2.05. The molecule has 2 rings (SSSR count). The van der Waals surface area contributed by atoms with Gasteiger partial charge in [0.05, 0.1) is 32.3 Å². The number of hydrogen-bond donors (Lipinski definition) is 0. The lowest BCUT2D eigenvalue weighted by molar-refractivity contribution is -0.263. The number of benzene rings is 1. The molecule has 0 bridgehead atoms. The van der Waals surface area contributed by atoms with Crippen LogP contribution in [0.2, 0.25) is 0 Å². The Morgan fingerprint density at radius 2 is 1.83 bits per heavy atom. The molecule has 1 aromatic rings. The first kappa shape index (κ1) is 17.9. The van der Waals surface area contributed by atoms with Gasteiger partial charge in [-0.05, 0) is 5.56 Å². The van der Waals surface area contributed by atoms with Gasteiger partial charge in [0, 0.05) is 18.9 Å². The quantitative estimate of drug-likeness (QED) is 0.754. The summed E-state index contributed by atoms with van der Waals surface area (Å²) in [6.45, 7) is 4.63. The molecule has 0 unspecified atom stereocenters. The fourth-order valence-corrected chi connectivity index (χ4v) is 3.09. The second-order valence-corrected chi connectivity index (χ2v) is 6.04. The normalized spacial score (nSPS) is 30.9. The number of hydrogen-bond acceptors (Lipinski definition) is 5. The minimum Gasteiger partial charge on any atom is -0.469 e. The van der Waals surface area contributed by atoms with Crippen molar-refractivity contribution in [3.05, 3.63) is 35.9 Å². The van der Waals surface area contributed by atoms with Crippen LogP contribution >= 0.6 is 0 Å². The first-order chi connectivity index (χ1) is 11.1. The van der Waals surface area contributed by atoms with Crippen LogP contribution in [0, 0.1) is 11.8 Å². The van der Waals surface area contributed by atoms with Crippen LogP contribution in [-0.2, 0) is 30.3 Å². The zero-order chi connectivity index (χ0) is 16.8. The van der Waals surface area contributed by atoms with Crippen LogP contribution in [-0.4, -0.2) is 38.7 Å². The third-order valence-electron chi connectivity index (χ3n) is 4.47. The molecule has 0 N–H and O–H groups in total. The average molecular weight is 322 g/mol. The predicted molar refractivity (Wildman–Crippen MR) is 85.7 cm³/mol. The standard InChI is InChI=1S/C18H26O5/c1-12-15(10-16(19)20-3)23-18(21-4)13(2)17(12)22-11-14-8-6-5-7-9-14/h5-9,12-13,15,17-18H,10-11H2,1-4H3/t12-,13+,15+,17-,18-/m0/s1. The highest BCUT2D eigenvalue weighted by Crippen LogP contribution is 2.34. The molecule has 128 valence electrons. The van der Waals surface area contributed by atoms with Crippen LogP contribution in [0.25, 0.3) is 0 Å². The molecule has 0 radical (unpaired) electrons. The smallest absolute Gasteiger partial charge is 0.308 e. The van der Waals surface area contributed by atoms with Crippen molar-refractivity contribution >= 4 is 5.97 Å². The van der Waals surface area contributed by atoms with Gasteiger partial charge in [0.15, 0.2) is 6.29 Å². The summed E-state index contributed by atoms with van der Waals surface area (Å²) < 4.78 is 22.3. The van der Waals surface area contributed by atoms with Gasteiger partial charge in [0.25, 0.3) is 0 Å². The van der Waals surface area contributed by atoms with Gasteiger partial charge in [-0.25, -0.2) is 0 Å². The number of esters is 1. The number of ether oxygens (including phenoxy) is 4. The van der Waals surface area contributed by atoms with Crippen LogP contribution in [0.1, 0.15) is 25.8 Å². The van der Waals surface area contributed by atoms with Crippen LogP contribution in [0.5, 0.6) is 0 Å². The van der Waals surface area contributed by atoms with Gasteiger partial charge < -0.3 is 18.9 Å². The van der Waals surface area contributed by atoms with E-state index in [9.17, 15) is 4.79 Å². The van der Waals surface area contributed by atoms with Crippen LogP contribution in [0.3, 0.4) is 0 Å². The van der Waals surface area contributed by atoms with E-state index in [4.69, 9.17) is 18.9 Å². The van der Waals surface area contributed by atoms with Crippen molar-refractivity contribution in [1.82, 2.24) is 0 Å². The van der Waals surface area contributed by atoms with Gasteiger partial charge in [-0.1, -0.05) is 44.2 Å². The largest absolute Gasteiger partial charge is 0.469 e. The number of rotatable bonds is 6. The van der Waals surface area contributed by atoms with Crippen molar-refractivity contribution in [2.24, 2.45) is 11.8 Å². The van der Waals surface area contributed by atoms with Crippen molar-refractivity contribution in [2.45, 2.75) is 45.4 Å². The SMILES string of the molecule is COC(=O)C[C@H]1O[C@H](OC)[C@H](C)[C@@H](OCc2ccccc2)[C@H]1C. The fraction of sp³-hybridized carbons (Fsp3) is 0.611. The van der Waals surface area contributed by atoms with Gasteiger partial charge in [-0.15, -0.1) is 0 Å². The number of carbonyl (C=O) groups is 1. The Morgan fingerprint density at radius 1 is 1.13 bits per heavy atom. The molecule has 23 heavy (non-hydrogen) atoms. The molecule has 1 saturated heterocycles. The molecule has 5 nitrogen and oxygen atoms in total. The van der Waals surface area contributed by atoms with Crippen LogP contribution in [0.4, 0.5) is 0 Å². The summed E-state index contributed by atoms with van der Waals surface area (Å²) in [5, 5.41) is 0. The summed E-state index contributed by atoms with van der Waals surface area (Å²) in [6, 6.07) is 10.0. The highest BCUT2D eigenvalue weighted by Gasteiger charge is 2.43. The molecular formula is C18H26O5. The zero-order valence-electron chi connectivity index (χ0n) is 14.2. The molecule has 0 spiro atoms. The number of methoxy groups -OCH3 is 2. The lowest BCUT2D eigenvalue weighted by atomic mass is 9.84. The fourth-order valence-electron chi connectivity index (χ4n) is 3.09. The summed E-state index contributed by atoms with van der Waals surface area (Å²) in [5.74, 6) is -0.139. The molecule has 1 fully saturated rings. The van der Waals surface area contributed by atoms with Crippen LogP contribution < -0.4 is 0 Å². The topological polar surface area (TPSA) is 54.0 Å². The van der Waals surface area contributed by atoms with E-state index < -0.39 is 0 Å². The molecule has 5 heteroatoms. The van der Waals surface area contributed by atoms with E-state index in [1.54, 1.807) is 7.11 Å². The Morgan fingerprint density at radius 3 is 2.43 bits per heavy atom. The summed E-state index contributed by atoms with van der Waals surface area (Å²) in [6.07, 6.45) is -0.510. The maximum absolute atomic E-state index is 11.6. The molecule has 1 aliphatic rings. The summed E-state index contributed by atoms with van der Waals surface area (Å²) in [4.78, 5) is 11.6. The molecule has 0 aliphatic carbocycles. The van der Waals surface area contributed by atoms with Gasteiger partial charge in [0.1, 0.15) is 0 Å². The molecular weight excluding hydrogens is 296 g/mol. The van der Waals surface area contributed by atoms with Gasteiger partial charge in [-0.2, -0.15) is 0 Å². The van der Waals surface area contributed by atoms with E-state index in [1.807, 2.05) is 37.3 Å². The molecule has 1 aromatic carbocycles. The lowest BCUT2D eigenvalue weighted by Crippen LogP contribution is -2.51. The first-order valence-corrected chi connectivity index (χ1v) is 7.97. The Hall–Kier alpha value is -1.43. The third-order valence-corrected chi connectivity index (χ3v) is 4.47. The number of carbonyl (C=O) groups excluding carboxylic acids is 1. The first-order valence-electron chi connectivity index (χ1n) is 7.97. The van der Waals surface area contributed by atoms with Crippen molar-refractivity contribution in [3.63, 3.8) is 0 Å². The average Bonchev–Trinajstić information content (AvgIpc) is 2.58. The van der Waals surface area contributed by atoms with Gasteiger partial charge in [0.2, 0.25) is 0 Å². The Kier molecular flexibility index (Phi) is 6.57. The van der Waals surface area contributed by atoms with E-state index in [2.05, 4.69) is 6.92 Å². The minimum absolute atomic E-state index is 0.0523. The highest BCUT2D eigenvalue weighted by molar-refractivity contribution is 5.69. The third kappa shape index (κ3) is 4.53. The van der Waals surface area contributed by atoms with E-state index >= 15 is 0 Å².